The summed E-state index contributed by atoms with van der Waals surface area (Å²) in [6, 6.07) is 20.9. The van der Waals surface area contributed by atoms with Gasteiger partial charge in [-0.2, -0.15) is 0 Å². The first-order chi connectivity index (χ1) is 20.1. The summed E-state index contributed by atoms with van der Waals surface area (Å²) < 4.78 is 29.2. The first-order valence-corrected chi connectivity index (χ1v) is 16.3. The van der Waals surface area contributed by atoms with Crippen LogP contribution in [0.3, 0.4) is 0 Å². The summed E-state index contributed by atoms with van der Waals surface area (Å²) in [5.41, 5.74) is 4.13. The molecule has 42 heavy (non-hydrogen) atoms. The number of rotatable bonds is 11. The van der Waals surface area contributed by atoms with Gasteiger partial charge >= 0.3 is 0 Å². The molecule has 1 fully saturated rings. The van der Waals surface area contributed by atoms with E-state index in [4.69, 9.17) is 0 Å². The monoisotopic (exact) mass is 589 g/mol. The van der Waals surface area contributed by atoms with Crippen molar-refractivity contribution in [3.05, 3.63) is 95.1 Å². The Bertz CT molecular complexity index is 1460. The Kier molecular flexibility index (Phi) is 10.4. The maximum absolute atomic E-state index is 14.3. The molecule has 0 bridgehead atoms. The molecule has 224 valence electrons. The van der Waals surface area contributed by atoms with Crippen LogP contribution < -0.4 is 9.62 Å². The van der Waals surface area contributed by atoms with E-state index in [1.54, 1.807) is 35.2 Å². The van der Waals surface area contributed by atoms with E-state index in [-0.39, 0.29) is 23.4 Å². The smallest absolute Gasteiger partial charge is 0.264 e. The van der Waals surface area contributed by atoms with Gasteiger partial charge < -0.3 is 10.2 Å². The predicted molar refractivity (Wildman–Crippen MR) is 168 cm³/mol. The normalized spacial score (nSPS) is 14.7. The molecule has 0 aliphatic heterocycles. The standard InChI is InChI=1S/C34H43N3O4S/c1-5-32(34(39)35-29-15-8-6-9-16-29)36(23-28-14-12-13-25(2)20-28)33(38)24-37(30-21-26(3)19-27(4)22-30)42(40,41)31-17-10-7-11-18-31/h7,10-14,17-22,29,32H,5-6,8-9,15-16,23-24H2,1-4H3,(H,35,39)/t32-/m0/s1. The molecule has 1 N–H and O–H groups in total. The van der Waals surface area contributed by atoms with Crippen LogP contribution in [0.25, 0.3) is 0 Å². The zero-order chi connectivity index (χ0) is 30.3. The highest BCUT2D eigenvalue weighted by Gasteiger charge is 2.34. The Morgan fingerprint density at radius 1 is 0.857 bits per heavy atom. The van der Waals surface area contributed by atoms with Crippen molar-refractivity contribution < 1.29 is 18.0 Å². The minimum Gasteiger partial charge on any atom is -0.352 e. The zero-order valence-electron chi connectivity index (χ0n) is 25.2. The van der Waals surface area contributed by atoms with Gasteiger partial charge in [-0.15, -0.1) is 0 Å². The molecule has 1 atom stereocenters. The van der Waals surface area contributed by atoms with Crippen molar-refractivity contribution in [1.82, 2.24) is 10.2 Å². The van der Waals surface area contributed by atoms with Crippen molar-refractivity contribution in [3.8, 4) is 0 Å². The van der Waals surface area contributed by atoms with Gasteiger partial charge in [-0.3, -0.25) is 13.9 Å². The Balaban J connectivity index is 1.72. The number of amides is 2. The molecule has 3 aromatic rings. The summed E-state index contributed by atoms with van der Waals surface area (Å²) >= 11 is 0. The van der Waals surface area contributed by atoms with Crippen molar-refractivity contribution in [3.63, 3.8) is 0 Å². The van der Waals surface area contributed by atoms with E-state index >= 15 is 0 Å². The van der Waals surface area contributed by atoms with Crippen LogP contribution in [-0.2, 0) is 26.2 Å². The van der Waals surface area contributed by atoms with Crippen LogP contribution in [0.5, 0.6) is 0 Å². The molecule has 0 spiro atoms. The molecule has 3 aromatic carbocycles. The van der Waals surface area contributed by atoms with Crippen molar-refractivity contribution in [2.45, 2.75) is 89.7 Å². The number of carbonyl (C=O) groups is 2. The molecule has 1 aliphatic carbocycles. The van der Waals surface area contributed by atoms with E-state index in [2.05, 4.69) is 5.32 Å². The summed E-state index contributed by atoms with van der Waals surface area (Å²) in [7, 11) is -4.09. The van der Waals surface area contributed by atoms with Gasteiger partial charge in [0.05, 0.1) is 10.6 Å². The average Bonchev–Trinajstić information content (AvgIpc) is 2.96. The Morgan fingerprint density at radius 3 is 2.14 bits per heavy atom. The molecule has 0 radical (unpaired) electrons. The molecule has 0 heterocycles. The SMILES string of the molecule is CC[C@@H](C(=O)NC1CCCCC1)N(Cc1cccc(C)c1)C(=O)CN(c1cc(C)cc(C)c1)S(=O)(=O)c1ccccc1. The Labute approximate surface area is 251 Å². The first kappa shape index (κ1) is 31.3. The molecule has 2 amide bonds. The number of nitrogens with one attached hydrogen (secondary N) is 1. The molecule has 1 aliphatic rings. The minimum absolute atomic E-state index is 0.0986. The highest BCUT2D eigenvalue weighted by molar-refractivity contribution is 7.92. The maximum Gasteiger partial charge on any atom is 0.264 e. The first-order valence-electron chi connectivity index (χ1n) is 14.9. The Hall–Kier alpha value is -3.65. The number of hydrogen-bond donors (Lipinski definition) is 1. The molecule has 8 heteroatoms. The van der Waals surface area contributed by atoms with Gasteiger partial charge in [0.15, 0.2) is 0 Å². The third-order valence-electron chi connectivity index (χ3n) is 7.88. The van der Waals surface area contributed by atoms with Gasteiger partial charge in [-0.1, -0.05) is 80.3 Å². The summed E-state index contributed by atoms with van der Waals surface area (Å²) in [5.74, 6) is -0.616. The number of nitrogens with zero attached hydrogens (tertiary/aromatic N) is 2. The number of hydrogen-bond acceptors (Lipinski definition) is 4. The lowest BCUT2D eigenvalue weighted by Gasteiger charge is -2.34. The van der Waals surface area contributed by atoms with Crippen LogP contribution in [0.15, 0.2) is 77.7 Å². The fourth-order valence-corrected chi connectivity index (χ4v) is 7.23. The summed E-state index contributed by atoms with van der Waals surface area (Å²) in [4.78, 5) is 29.6. The molecule has 4 rings (SSSR count). The summed E-state index contributed by atoms with van der Waals surface area (Å²) in [6.07, 6.45) is 5.61. The third kappa shape index (κ3) is 7.79. The molecule has 7 nitrogen and oxygen atoms in total. The number of benzene rings is 3. The molecular formula is C34H43N3O4S. The van der Waals surface area contributed by atoms with E-state index in [1.165, 1.54) is 22.9 Å². The quantitative estimate of drug-likeness (QED) is 0.294. The average molecular weight is 590 g/mol. The van der Waals surface area contributed by atoms with E-state index in [0.717, 1.165) is 47.9 Å². The van der Waals surface area contributed by atoms with Crippen LogP contribution in [0.2, 0.25) is 0 Å². The van der Waals surface area contributed by atoms with E-state index in [9.17, 15) is 18.0 Å². The summed E-state index contributed by atoms with van der Waals surface area (Å²) in [5, 5.41) is 3.19. The van der Waals surface area contributed by atoms with Crippen LogP contribution in [-0.4, -0.2) is 43.8 Å². The fraction of sp³-hybridized carbons (Fsp3) is 0.412. The minimum atomic E-state index is -4.09. The predicted octanol–water partition coefficient (Wildman–Crippen LogP) is 6.06. The lowest BCUT2D eigenvalue weighted by molar-refractivity contribution is -0.140. The van der Waals surface area contributed by atoms with Crippen molar-refractivity contribution >= 4 is 27.5 Å². The van der Waals surface area contributed by atoms with Crippen molar-refractivity contribution in [1.29, 1.82) is 0 Å². The Morgan fingerprint density at radius 2 is 1.52 bits per heavy atom. The molecular weight excluding hydrogens is 546 g/mol. The summed E-state index contributed by atoms with van der Waals surface area (Å²) in [6.45, 7) is 7.44. The second kappa shape index (κ2) is 14.0. The van der Waals surface area contributed by atoms with Gasteiger partial charge in [-0.25, -0.2) is 8.42 Å². The number of sulfonamides is 1. The second-order valence-electron chi connectivity index (χ2n) is 11.4. The van der Waals surface area contributed by atoms with Crippen LogP contribution in [0.1, 0.15) is 67.7 Å². The highest BCUT2D eigenvalue weighted by Crippen LogP contribution is 2.27. The van der Waals surface area contributed by atoms with E-state index in [0.29, 0.717) is 12.1 Å². The van der Waals surface area contributed by atoms with Gasteiger partial charge in [0.2, 0.25) is 11.8 Å². The lowest BCUT2D eigenvalue weighted by atomic mass is 9.95. The highest BCUT2D eigenvalue weighted by atomic mass is 32.2. The van der Waals surface area contributed by atoms with Gasteiger partial charge in [0.1, 0.15) is 12.6 Å². The van der Waals surface area contributed by atoms with Gasteiger partial charge in [-0.05, 0) is 81.0 Å². The van der Waals surface area contributed by atoms with Crippen molar-refractivity contribution in [2.75, 3.05) is 10.8 Å². The van der Waals surface area contributed by atoms with Crippen LogP contribution in [0.4, 0.5) is 5.69 Å². The van der Waals surface area contributed by atoms with Crippen molar-refractivity contribution in [2.24, 2.45) is 0 Å². The van der Waals surface area contributed by atoms with E-state index < -0.39 is 28.5 Å². The van der Waals surface area contributed by atoms with Gasteiger partial charge in [0, 0.05) is 12.6 Å². The number of aryl methyl sites for hydroxylation is 3. The fourth-order valence-electron chi connectivity index (χ4n) is 5.81. The number of carbonyl (C=O) groups excluding carboxylic acids is 2. The number of anilines is 1. The maximum atomic E-state index is 14.3. The van der Waals surface area contributed by atoms with E-state index in [1.807, 2.05) is 58.0 Å². The zero-order valence-corrected chi connectivity index (χ0v) is 26.0. The molecule has 1 saturated carbocycles. The van der Waals surface area contributed by atoms with Crippen LogP contribution >= 0.6 is 0 Å². The second-order valence-corrected chi connectivity index (χ2v) is 13.3. The largest absolute Gasteiger partial charge is 0.352 e. The molecule has 0 unspecified atom stereocenters. The third-order valence-corrected chi connectivity index (χ3v) is 9.67. The topological polar surface area (TPSA) is 86.8 Å². The lowest BCUT2D eigenvalue weighted by Crippen LogP contribution is -2.54. The van der Waals surface area contributed by atoms with Gasteiger partial charge in [0.25, 0.3) is 10.0 Å². The molecule has 0 saturated heterocycles. The van der Waals surface area contributed by atoms with Crippen LogP contribution in [0, 0.1) is 20.8 Å². The molecule has 0 aromatic heterocycles.